The number of amides is 1. The van der Waals surface area contributed by atoms with Crippen LogP contribution < -0.4 is 10.1 Å². The molecule has 2 saturated heterocycles. The van der Waals surface area contributed by atoms with E-state index in [2.05, 4.69) is 10.1 Å². The van der Waals surface area contributed by atoms with Crippen molar-refractivity contribution in [2.75, 3.05) is 51.1 Å². The van der Waals surface area contributed by atoms with Crippen molar-refractivity contribution in [2.24, 2.45) is 0 Å². The summed E-state index contributed by atoms with van der Waals surface area (Å²) in [6.45, 7) is 5.64. The van der Waals surface area contributed by atoms with Gasteiger partial charge in [-0.3, -0.25) is 9.69 Å². The normalized spacial score (nSPS) is 24.3. The second-order valence-corrected chi connectivity index (χ2v) is 9.81. The average molecular weight is 481 g/mol. The molecule has 1 aromatic rings. The molecule has 3 rings (SSSR count). The maximum atomic E-state index is 12.9. The number of anilines is 1. The van der Waals surface area contributed by atoms with E-state index < -0.39 is 16.6 Å². The van der Waals surface area contributed by atoms with E-state index in [1.165, 1.54) is 20.7 Å². The Morgan fingerprint density at radius 3 is 2.16 bits per heavy atom. The number of carbonyl (C=O) groups excluding carboxylic acids is 1. The van der Waals surface area contributed by atoms with Gasteiger partial charge in [-0.05, 0) is 38.1 Å². The van der Waals surface area contributed by atoms with Gasteiger partial charge in [-0.2, -0.15) is 17.0 Å². The second kappa shape index (κ2) is 9.91. The van der Waals surface area contributed by atoms with Crippen molar-refractivity contribution in [1.29, 1.82) is 0 Å². The highest BCUT2D eigenvalue weighted by Crippen LogP contribution is 2.24. The molecule has 1 N–H and O–H groups in total. The van der Waals surface area contributed by atoms with Crippen LogP contribution in [0.25, 0.3) is 0 Å². The standard InChI is InChI=1S/C19H27F3N4O5S/c1-14-11-26(12-15(2)30-14)32(28,29)25-9-7-24(8-10-25)13-18(27)23-16-3-5-17(6-4-16)31-19(20,21)22/h3-6,14-15H,7-13H2,1-2H3,(H,23,27). The van der Waals surface area contributed by atoms with E-state index in [9.17, 15) is 26.4 Å². The van der Waals surface area contributed by atoms with Gasteiger partial charge in [0, 0.05) is 45.0 Å². The molecule has 13 heteroatoms. The Kier molecular flexibility index (Phi) is 7.65. The molecule has 2 aliphatic rings. The monoisotopic (exact) mass is 480 g/mol. The van der Waals surface area contributed by atoms with Crippen molar-refractivity contribution >= 4 is 21.8 Å². The number of alkyl halides is 3. The van der Waals surface area contributed by atoms with Gasteiger partial charge in [-0.25, -0.2) is 0 Å². The van der Waals surface area contributed by atoms with E-state index in [0.29, 0.717) is 31.9 Å². The van der Waals surface area contributed by atoms with Crippen LogP contribution in [0.1, 0.15) is 13.8 Å². The number of hydrogen-bond donors (Lipinski definition) is 1. The van der Waals surface area contributed by atoms with Crippen LogP contribution in [0.5, 0.6) is 5.75 Å². The summed E-state index contributed by atoms with van der Waals surface area (Å²) in [6.07, 6.45) is -5.13. The molecule has 9 nitrogen and oxygen atoms in total. The highest BCUT2D eigenvalue weighted by molar-refractivity contribution is 7.86. The van der Waals surface area contributed by atoms with E-state index >= 15 is 0 Å². The fraction of sp³-hybridized carbons (Fsp3) is 0.632. The summed E-state index contributed by atoms with van der Waals surface area (Å²) in [5.74, 6) is -0.724. The number of ether oxygens (including phenoxy) is 2. The highest BCUT2D eigenvalue weighted by Gasteiger charge is 2.37. The molecule has 32 heavy (non-hydrogen) atoms. The zero-order valence-corrected chi connectivity index (χ0v) is 18.7. The number of halogens is 3. The van der Waals surface area contributed by atoms with E-state index in [1.54, 1.807) is 0 Å². The Bertz CT molecular complexity index is 879. The number of piperazine rings is 1. The van der Waals surface area contributed by atoms with Gasteiger partial charge in [0.05, 0.1) is 18.8 Å². The quantitative estimate of drug-likeness (QED) is 0.664. The topological polar surface area (TPSA) is 91.4 Å². The van der Waals surface area contributed by atoms with E-state index in [0.717, 1.165) is 12.1 Å². The number of hydrogen-bond acceptors (Lipinski definition) is 6. The predicted molar refractivity (Wildman–Crippen MR) is 110 cm³/mol. The minimum absolute atomic E-state index is 0.0420. The van der Waals surface area contributed by atoms with Gasteiger partial charge in [-0.1, -0.05) is 0 Å². The van der Waals surface area contributed by atoms with Gasteiger partial charge < -0.3 is 14.8 Å². The lowest BCUT2D eigenvalue weighted by Gasteiger charge is -2.40. The minimum Gasteiger partial charge on any atom is -0.406 e. The van der Waals surface area contributed by atoms with Crippen LogP contribution in [0.3, 0.4) is 0 Å². The molecule has 0 saturated carbocycles. The maximum Gasteiger partial charge on any atom is 0.573 e. The SMILES string of the molecule is CC1CN(S(=O)(=O)N2CCN(CC(=O)Nc3ccc(OC(F)(F)F)cc3)CC2)CC(C)O1. The summed E-state index contributed by atoms with van der Waals surface area (Å²) in [6, 6.07) is 4.85. The molecule has 2 atom stereocenters. The zero-order chi connectivity index (χ0) is 23.5. The number of morpholine rings is 1. The Labute approximate surface area is 185 Å². The van der Waals surface area contributed by atoms with E-state index in [-0.39, 0.29) is 43.5 Å². The highest BCUT2D eigenvalue weighted by atomic mass is 32.2. The summed E-state index contributed by atoms with van der Waals surface area (Å²) in [5, 5.41) is 2.61. The fourth-order valence-corrected chi connectivity index (χ4v) is 5.49. The van der Waals surface area contributed by atoms with Crippen LogP contribution in [-0.2, 0) is 19.7 Å². The first-order valence-electron chi connectivity index (χ1n) is 10.2. The van der Waals surface area contributed by atoms with Gasteiger partial charge in [0.1, 0.15) is 5.75 Å². The van der Waals surface area contributed by atoms with Crippen molar-refractivity contribution in [3.05, 3.63) is 24.3 Å². The molecule has 1 aromatic carbocycles. The molecule has 0 aromatic heterocycles. The van der Waals surface area contributed by atoms with Crippen molar-refractivity contribution in [1.82, 2.24) is 13.5 Å². The van der Waals surface area contributed by atoms with Crippen LogP contribution in [0.15, 0.2) is 24.3 Å². The number of nitrogens with zero attached hydrogens (tertiary/aromatic N) is 3. The largest absolute Gasteiger partial charge is 0.573 e. The molecule has 1 amide bonds. The molecule has 0 aliphatic carbocycles. The zero-order valence-electron chi connectivity index (χ0n) is 17.8. The van der Waals surface area contributed by atoms with Gasteiger partial charge >= 0.3 is 6.36 Å². The third-order valence-electron chi connectivity index (χ3n) is 5.11. The van der Waals surface area contributed by atoms with Crippen LogP contribution >= 0.6 is 0 Å². The molecule has 180 valence electrons. The lowest BCUT2D eigenvalue weighted by atomic mass is 10.3. The minimum atomic E-state index is -4.78. The first-order valence-corrected chi connectivity index (χ1v) is 11.6. The molecule has 2 heterocycles. The number of nitrogens with one attached hydrogen (secondary N) is 1. The Morgan fingerprint density at radius 2 is 1.62 bits per heavy atom. The summed E-state index contributed by atoms with van der Waals surface area (Å²) in [5.41, 5.74) is 0.335. The lowest BCUT2D eigenvalue weighted by Crippen LogP contribution is -2.57. The number of benzene rings is 1. The molecular weight excluding hydrogens is 453 g/mol. The number of rotatable bonds is 6. The van der Waals surface area contributed by atoms with Crippen LogP contribution in [-0.4, -0.2) is 92.2 Å². The maximum absolute atomic E-state index is 12.9. The van der Waals surface area contributed by atoms with Crippen molar-refractivity contribution in [3.8, 4) is 5.75 Å². The molecule has 0 bridgehead atoms. The fourth-order valence-electron chi connectivity index (χ4n) is 3.74. The van der Waals surface area contributed by atoms with Gasteiger partial charge in [0.2, 0.25) is 5.91 Å². The predicted octanol–water partition coefficient (Wildman–Crippen LogP) is 1.50. The van der Waals surface area contributed by atoms with Crippen molar-refractivity contribution in [2.45, 2.75) is 32.4 Å². The summed E-state index contributed by atoms with van der Waals surface area (Å²) < 4.78 is 74.7. The summed E-state index contributed by atoms with van der Waals surface area (Å²) in [7, 11) is -3.60. The van der Waals surface area contributed by atoms with Gasteiger partial charge in [0.25, 0.3) is 10.2 Å². The van der Waals surface area contributed by atoms with Gasteiger partial charge in [-0.15, -0.1) is 13.2 Å². The first kappa shape index (κ1) is 24.7. The molecule has 2 fully saturated rings. The van der Waals surface area contributed by atoms with Crippen LogP contribution in [0.2, 0.25) is 0 Å². The smallest absolute Gasteiger partial charge is 0.406 e. The molecule has 2 unspecified atom stereocenters. The molecular formula is C19H27F3N4O5S. The third-order valence-corrected chi connectivity index (χ3v) is 7.08. The first-order chi connectivity index (χ1) is 14.9. The van der Waals surface area contributed by atoms with Crippen molar-refractivity contribution < 1.29 is 35.9 Å². The van der Waals surface area contributed by atoms with Crippen LogP contribution in [0, 0.1) is 0 Å². The van der Waals surface area contributed by atoms with E-state index in [1.807, 2.05) is 18.7 Å². The van der Waals surface area contributed by atoms with Crippen LogP contribution in [0.4, 0.5) is 18.9 Å². The van der Waals surface area contributed by atoms with Gasteiger partial charge in [0.15, 0.2) is 0 Å². The molecule has 2 aliphatic heterocycles. The Balaban J connectivity index is 1.47. The third kappa shape index (κ3) is 6.78. The number of carbonyl (C=O) groups is 1. The summed E-state index contributed by atoms with van der Waals surface area (Å²) in [4.78, 5) is 14.1. The second-order valence-electron chi connectivity index (χ2n) is 7.88. The molecule has 0 spiro atoms. The summed E-state index contributed by atoms with van der Waals surface area (Å²) >= 11 is 0. The van der Waals surface area contributed by atoms with E-state index in [4.69, 9.17) is 4.74 Å². The average Bonchev–Trinajstić information content (AvgIpc) is 2.68. The van der Waals surface area contributed by atoms with Crippen molar-refractivity contribution in [3.63, 3.8) is 0 Å². The lowest BCUT2D eigenvalue weighted by molar-refractivity contribution is -0.274. The molecule has 0 radical (unpaired) electrons. The Hall–Kier alpha value is -1.93. The Morgan fingerprint density at radius 1 is 1.06 bits per heavy atom.